The lowest BCUT2D eigenvalue weighted by Crippen LogP contribution is -2.30. The zero-order valence-electron chi connectivity index (χ0n) is 12.3. The lowest BCUT2D eigenvalue weighted by molar-refractivity contribution is -0.384. The minimum Gasteiger partial charge on any atom is -0.258 e. The topological polar surface area (TPSA) is 80.5 Å². The van der Waals surface area contributed by atoms with E-state index in [0.717, 1.165) is 9.13 Å². The molecule has 0 N–H and O–H groups in total. The quantitative estimate of drug-likeness (QED) is 0.383. The van der Waals surface area contributed by atoms with Crippen LogP contribution >= 0.6 is 34.4 Å². The van der Waals surface area contributed by atoms with Crippen LogP contribution in [0.25, 0.3) is 0 Å². The van der Waals surface area contributed by atoms with Crippen LogP contribution in [0.3, 0.4) is 0 Å². The third-order valence-electron chi connectivity index (χ3n) is 3.66. The van der Waals surface area contributed by atoms with Gasteiger partial charge in [0.1, 0.15) is 0 Å². The number of thioether (sulfide) groups is 1. The summed E-state index contributed by atoms with van der Waals surface area (Å²) >= 11 is 3.64. The Morgan fingerprint density at radius 2 is 1.75 bits per heavy atom. The lowest BCUT2D eigenvalue weighted by Gasteiger charge is -2.23. The van der Waals surface area contributed by atoms with Gasteiger partial charge in [-0.05, 0) is 64.6 Å². The van der Waals surface area contributed by atoms with Crippen molar-refractivity contribution in [2.45, 2.75) is 10.3 Å². The van der Waals surface area contributed by atoms with E-state index < -0.39 is 14.9 Å². The van der Waals surface area contributed by atoms with Crippen molar-refractivity contribution in [1.82, 2.24) is 4.31 Å². The van der Waals surface area contributed by atoms with Crippen LogP contribution < -0.4 is 0 Å². The van der Waals surface area contributed by atoms with Gasteiger partial charge >= 0.3 is 0 Å². The Hall–Kier alpha value is -1.17. The molecule has 0 spiro atoms. The normalized spacial score (nSPS) is 18.6. The van der Waals surface area contributed by atoms with E-state index >= 15 is 0 Å². The Labute approximate surface area is 157 Å². The van der Waals surface area contributed by atoms with E-state index in [4.69, 9.17) is 0 Å². The maximum absolute atomic E-state index is 12.9. The first-order valence-electron chi connectivity index (χ1n) is 7.03. The van der Waals surface area contributed by atoms with Crippen LogP contribution in [0.5, 0.6) is 0 Å². The molecule has 1 heterocycles. The zero-order chi connectivity index (χ0) is 17.3. The van der Waals surface area contributed by atoms with Crippen LogP contribution in [0.1, 0.15) is 10.9 Å². The molecule has 0 unspecified atom stereocenters. The number of sulfonamides is 1. The average molecular weight is 476 g/mol. The van der Waals surface area contributed by atoms with Crippen LogP contribution in [-0.2, 0) is 10.0 Å². The zero-order valence-corrected chi connectivity index (χ0v) is 16.1. The van der Waals surface area contributed by atoms with Crippen LogP contribution in [0.2, 0.25) is 0 Å². The molecule has 0 saturated carbocycles. The van der Waals surface area contributed by atoms with Gasteiger partial charge in [-0.15, -0.1) is 11.8 Å². The first-order chi connectivity index (χ1) is 11.4. The number of nitro groups is 1. The molecule has 24 heavy (non-hydrogen) atoms. The smallest absolute Gasteiger partial charge is 0.258 e. The predicted molar refractivity (Wildman–Crippen MR) is 101 cm³/mol. The number of nitrogens with zero attached hydrogens (tertiary/aromatic N) is 2. The van der Waals surface area contributed by atoms with Crippen molar-refractivity contribution < 1.29 is 13.3 Å². The summed E-state index contributed by atoms with van der Waals surface area (Å²) in [6, 6.07) is 12.8. The molecule has 9 heteroatoms. The maximum Gasteiger partial charge on any atom is 0.269 e. The third-order valence-corrected chi connectivity index (χ3v) is 7.65. The van der Waals surface area contributed by atoms with Crippen LogP contribution in [-0.4, -0.2) is 29.9 Å². The second-order valence-corrected chi connectivity index (χ2v) is 9.47. The standard InChI is InChI=1S/C15H13IN2O4S2/c16-12-3-7-14(8-4-12)24(21,22)17-9-10-23-15(17)11-1-5-13(6-2-11)18(19)20/h1-8,15H,9-10H2/t15-/m1/s1. The van der Waals surface area contributed by atoms with Crippen molar-refractivity contribution in [3.8, 4) is 0 Å². The Balaban J connectivity index is 1.92. The first-order valence-corrected chi connectivity index (χ1v) is 10.6. The second-order valence-electron chi connectivity index (χ2n) is 5.14. The Morgan fingerprint density at radius 1 is 1.12 bits per heavy atom. The van der Waals surface area contributed by atoms with Crippen LogP contribution in [0, 0.1) is 13.7 Å². The molecule has 1 atom stereocenters. The van der Waals surface area contributed by atoms with Crippen molar-refractivity contribution in [2.75, 3.05) is 12.3 Å². The highest BCUT2D eigenvalue weighted by Gasteiger charge is 2.36. The Bertz CT molecular complexity index is 854. The SMILES string of the molecule is O=[N+]([O-])c1ccc([C@H]2SCCN2S(=O)(=O)c2ccc(I)cc2)cc1. The number of halogens is 1. The van der Waals surface area contributed by atoms with Crippen molar-refractivity contribution in [2.24, 2.45) is 0 Å². The second kappa shape index (κ2) is 6.98. The summed E-state index contributed by atoms with van der Waals surface area (Å²) in [6.07, 6.45) is 0. The first kappa shape index (κ1) is 17.6. The van der Waals surface area contributed by atoms with Crippen LogP contribution in [0.4, 0.5) is 5.69 Å². The van der Waals surface area contributed by atoms with Crippen molar-refractivity contribution in [1.29, 1.82) is 0 Å². The molecule has 1 aliphatic heterocycles. The highest BCUT2D eigenvalue weighted by molar-refractivity contribution is 14.1. The lowest BCUT2D eigenvalue weighted by atomic mass is 10.2. The fourth-order valence-electron chi connectivity index (χ4n) is 2.47. The van der Waals surface area contributed by atoms with Crippen molar-refractivity contribution in [3.63, 3.8) is 0 Å². The molecule has 2 aromatic carbocycles. The summed E-state index contributed by atoms with van der Waals surface area (Å²) in [7, 11) is -3.60. The minimum atomic E-state index is -3.60. The highest BCUT2D eigenvalue weighted by atomic mass is 127. The monoisotopic (exact) mass is 476 g/mol. The summed E-state index contributed by atoms with van der Waals surface area (Å²) in [6.45, 7) is 0.417. The summed E-state index contributed by atoms with van der Waals surface area (Å²) in [5.41, 5.74) is 0.742. The molecule has 0 aromatic heterocycles. The van der Waals surface area contributed by atoms with E-state index in [1.54, 1.807) is 36.4 Å². The van der Waals surface area contributed by atoms with Gasteiger partial charge in [-0.2, -0.15) is 4.31 Å². The van der Waals surface area contributed by atoms with Crippen molar-refractivity contribution >= 4 is 50.1 Å². The van der Waals surface area contributed by atoms with E-state index in [2.05, 4.69) is 22.6 Å². The Kier molecular flexibility index (Phi) is 5.13. The molecule has 1 saturated heterocycles. The van der Waals surface area contributed by atoms with Crippen LogP contribution in [0.15, 0.2) is 53.4 Å². The number of nitro benzene ring substituents is 1. The van der Waals surface area contributed by atoms with Gasteiger partial charge in [-0.1, -0.05) is 0 Å². The third kappa shape index (κ3) is 3.44. The summed E-state index contributed by atoms with van der Waals surface area (Å²) in [4.78, 5) is 10.6. The fraction of sp³-hybridized carbons (Fsp3) is 0.200. The number of benzene rings is 2. The molecule has 0 aliphatic carbocycles. The molecule has 3 rings (SSSR count). The van der Waals surface area contributed by atoms with Gasteiger partial charge in [0, 0.05) is 28.0 Å². The van der Waals surface area contributed by atoms with Gasteiger partial charge in [0.05, 0.1) is 15.2 Å². The molecular weight excluding hydrogens is 463 g/mol. The van der Waals surface area contributed by atoms with Gasteiger partial charge < -0.3 is 0 Å². The average Bonchev–Trinajstić information content (AvgIpc) is 3.06. The molecule has 126 valence electrons. The summed E-state index contributed by atoms with van der Waals surface area (Å²) in [5.74, 6) is 0.686. The molecule has 1 fully saturated rings. The Morgan fingerprint density at radius 3 is 2.33 bits per heavy atom. The maximum atomic E-state index is 12.9. The largest absolute Gasteiger partial charge is 0.269 e. The number of hydrogen-bond donors (Lipinski definition) is 0. The van der Waals surface area contributed by atoms with E-state index in [9.17, 15) is 18.5 Å². The van der Waals surface area contributed by atoms with E-state index in [1.807, 2.05) is 0 Å². The van der Waals surface area contributed by atoms with E-state index in [1.165, 1.54) is 28.2 Å². The minimum absolute atomic E-state index is 0.00575. The summed E-state index contributed by atoms with van der Waals surface area (Å²) < 4.78 is 28.2. The highest BCUT2D eigenvalue weighted by Crippen LogP contribution is 2.41. The molecule has 0 bridgehead atoms. The predicted octanol–water partition coefficient (Wildman–Crippen LogP) is 3.64. The number of non-ortho nitro benzene ring substituents is 1. The number of hydrogen-bond acceptors (Lipinski definition) is 5. The molecule has 6 nitrogen and oxygen atoms in total. The van der Waals surface area contributed by atoms with Gasteiger partial charge in [0.25, 0.3) is 5.69 Å². The van der Waals surface area contributed by atoms with Crippen molar-refractivity contribution in [3.05, 3.63) is 67.8 Å². The van der Waals surface area contributed by atoms with E-state index in [-0.39, 0.29) is 16.0 Å². The van der Waals surface area contributed by atoms with Gasteiger partial charge in [0.2, 0.25) is 10.0 Å². The summed E-state index contributed by atoms with van der Waals surface area (Å²) in [5, 5.41) is 10.4. The van der Waals surface area contributed by atoms with Gasteiger partial charge in [-0.25, -0.2) is 8.42 Å². The molecule has 0 amide bonds. The molecular formula is C15H13IN2O4S2. The van der Waals surface area contributed by atoms with E-state index in [0.29, 0.717) is 12.3 Å². The molecule has 0 radical (unpaired) electrons. The molecule has 1 aliphatic rings. The number of rotatable bonds is 4. The van der Waals surface area contributed by atoms with Gasteiger partial charge in [-0.3, -0.25) is 10.1 Å². The molecule has 2 aromatic rings. The van der Waals surface area contributed by atoms with Gasteiger partial charge in [0.15, 0.2) is 0 Å². The fourth-order valence-corrected chi connectivity index (χ4v) is 6.07.